The molecule has 3 N–H and O–H groups in total. The van der Waals surface area contributed by atoms with Crippen LogP contribution in [0.3, 0.4) is 0 Å². The number of phenols is 1. The third-order valence-electron chi connectivity index (χ3n) is 2.64. The first-order valence-corrected chi connectivity index (χ1v) is 5.87. The molecule has 0 amide bonds. The molecule has 0 saturated carbocycles. The Balaban J connectivity index is 3.16. The van der Waals surface area contributed by atoms with Gasteiger partial charge in [0.15, 0.2) is 17.8 Å². The Kier molecular flexibility index (Phi) is 5.40. The molecule has 2 atom stereocenters. The van der Waals surface area contributed by atoms with Gasteiger partial charge >= 0.3 is 0 Å². The highest BCUT2D eigenvalue weighted by molar-refractivity contribution is 6.17. The number of rotatable bonds is 6. The molecule has 6 heteroatoms. The molecule has 18 heavy (non-hydrogen) atoms. The summed E-state index contributed by atoms with van der Waals surface area (Å²) >= 11 is 5.47. The monoisotopic (exact) mass is 274 g/mol. The van der Waals surface area contributed by atoms with Gasteiger partial charge in [0.1, 0.15) is 6.10 Å². The largest absolute Gasteiger partial charge is 0.504 e. The number of aliphatic hydroxyl groups excluding tert-OH is 2. The molecule has 0 fully saturated rings. The van der Waals surface area contributed by atoms with E-state index in [2.05, 4.69) is 0 Å². The van der Waals surface area contributed by atoms with Gasteiger partial charge in [-0.05, 0) is 18.1 Å². The molecule has 0 heterocycles. The Morgan fingerprint density at radius 2 is 2.11 bits per heavy atom. The minimum Gasteiger partial charge on any atom is -0.504 e. The van der Waals surface area contributed by atoms with Gasteiger partial charge in [-0.3, -0.25) is 4.79 Å². The normalized spacial score (nSPS) is 14.0. The van der Waals surface area contributed by atoms with Crippen molar-refractivity contribution in [3.63, 3.8) is 0 Å². The topological polar surface area (TPSA) is 87.0 Å². The van der Waals surface area contributed by atoms with Gasteiger partial charge in [-0.1, -0.05) is 6.07 Å². The summed E-state index contributed by atoms with van der Waals surface area (Å²) in [5.74, 6) is -0.0569. The molecule has 0 aromatic heterocycles. The first-order chi connectivity index (χ1) is 8.56. The molecule has 1 aromatic carbocycles. The number of benzene rings is 1. The zero-order valence-electron chi connectivity index (χ0n) is 9.84. The van der Waals surface area contributed by atoms with E-state index in [-0.39, 0.29) is 34.9 Å². The molecule has 0 spiro atoms. The zero-order chi connectivity index (χ0) is 13.7. The van der Waals surface area contributed by atoms with Crippen LogP contribution in [0.2, 0.25) is 0 Å². The summed E-state index contributed by atoms with van der Waals surface area (Å²) in [5, 5.41) is 29.3. The molecule has 0 bridgehead atoms. The van der Waals surface area contributed by atoms with Crippen molar-refractivity contribution in [2.24, 2.45) is 0 Å². The Labute approximate surface area is 110 Å². The maximum atomic E-state index is 11.0. The SMILES string of the molecule is COc1ccc(C(O)C(O)CCCl)c(C=O)c1O. The zero-order valence-corrected chi connectivity index (χ0v) is 10.6. The van der Waals surface area contributed by atoms with Gasteiger partial charge in [0.2, 0.25) is 0 Å². The minimum atomic E-state index is -1.29. The number of carbonyl (C=O) groups excluding carboxylic acids is 1. The van der Waals surface area contributed by atoms with Crippen molar-refractivity contribution >= 4 is 17.9 Å². The maximum absolute atomic E-state index is 11.0. The van der Waals surface area contributed by atoms with E-state index < -0.39 is 12.2 Å². The number of hydrogen-bond acceptors (Lipinski definition) is 5. The van der Waals surface area contributed by atoms with Crippen LogP contribution in [0.1, 0.15) is 28.4 Å². The molecule has 0 aliphatic rings. The molecule has 2 unspecified atom stereocenters. The average molecular weight is 275 g/mol. The van der Waals surface area contributed by atoms with Gasteiger partial charge in [0.25, 0.3) is 0 Å². The molecule has 0 aliphatic carbocycles. The van der Waals surface area contributed by atoms with E-state index in [1.807, 2.05) is 0 Å². The summed E-state index contributed by atoms with van der Waals surface area (Å²) in [4.78, 5) is 11.0. The van der Waals surface area contributed by atoms with Crippen LogP contribution in [-0.4, -0.2) is 40.7 Å². The van der Waals surface area contributed by atoms with Crippen LogP contribution in [0.25, 0.3) is 0 Å². The quantitative estimate of drug-likeness (QED) is 0.537. The smallest absolute Gasteiger partial charge is 0.168 e. The van der Waals surface area contributed by atoms with Crippen LogP contribution in [-0.2, 0) is 0 Å². The lowest BCUT2D eigenvalue weighted by molar-refractivity contribution is 0.0165. The second-order valence-corrected chi connectivity index (χ2v) is 4.10. The predicted octanol–water partition coefficient (Wildman–Crippen LogP) is 1.24. The molecule has 0 saturated heterocycles. The number of methoxy groups -OCH3 is 1. The van der Waals surface area contributed by atoms with Crippen LogP contribution >= 0.6 is 11.6 Å². The van der Waals surface area contributed by atoms with Crippen molar-refractivity contribution in [1.29, 1.82) is 0 Å². The Morgan fingerprint density at radius 1 is 1.44 bits per heavy atom. The van der Waals surface area contributed by atoms with Crippen molar-refractivity contribution in [3.8, 4) is 11.5 Å². The fourth-order valence-electron chi connectivity index (χ4n) is 1.63. The third-order valence-corrected chi connectivity index (χ3v) is 2.86. The first-order valence-electron chi connectivity index (χ1n) is 5.33. The number of hydrogen-bond donors (Lipinski definition) is 3. The molecular weight excluding hydrogens is 260 g/mol. The fraction of sp³-hybridized carbons (Fsp3) is 0.417. The van der Waals surface area contributed by atoms with Crippen LogP contribution in [0.5, 0.6) is 11.5 Å². The number of aldehydes is 1. The van der Waals surface area contributed by atoms with E-state index in [4.69, 9.17) is 16.3 Å². The lowest BCUT2D eigenvalue weighted by Crippen LogP contribution is -2.20. The molecular formula is C12H15ClO5. The van der Waals surface area contributed by atoms with E-state index >= 15 is 0 Å². The van der Waals surface area contributed by atoms with Gasteiger partial charge in [0.05, 0.1) is 18.8 Å². The summed E-state index contributed by atoms with van der Waals surface area (Å²) in [5.41, 5.74) is 0.0383. The number of ether oxygens (including phenoxy) is 1. The van der Waals surface area contributed by atoms with Crippen molar-refractivity contribution in [3.05, 3.63) is 23.3 Å². The van der Waals surface area contributed by atoms with Crippen molar-refractivity contribution in [2.45, 2.75) is 18.6 Å². The first kappa shape index (κ1) is 14.8. The standard InChI is InChI=1S/C12H15ClO5/c1-18-10-3-2-7(8(6-14)12(10)17)11(16)9(15)4-5-13/h2-3,6,9,11,15-17H,4-5H2,1H3. The second kappa shape index (κ2) is 6.58. The molecule has 1 aromatic rings. The van der Waals surface area contributed by atoms with Crippen LogP contribution < -0.4 is 4.74 Å². The molecule has 5 nitrogen and oxygen atoms in total. The lowest BCUT2D eigenvalue weighted by Gasteiger charge is -2.19. The highest BCUT2D eigenvalue weighted by Crippen LogP contribution is 2.34. The maximum Gasteiger partial charge on any atom is 0.168 e. The van der Waals surface area contributed by atoms with E-state index in [0.29, 0.717) is 6.29 Å². The minimum absolute atomic E-state index is 0.101. The van der Waals surface area contributed by atoms with Gasteiger partial charge in [0, 0.05) is 5.88 Å². The van der Waals surface area contributed by atoms with Crippen molar-refractivity contribution < 1.29 is 24.9 Å². The molecule has 100 valence electrons. The van der Waals surface area contributed by atoms with Crippen molar-refractivity contribution in [1.82, 2.24) is 0 Å². The Morgan fingerprint density at radius 3 is 2.61 bits per heavy atom. The van der Waals surface area contributed by atoms with E-state index in [1.165, 1.54) is 19.2 Å². The molecule has 1 rings (SSSR count). The van der Waals surface area contributed by atoms with Crippen LogP contribution in [0.4, 0.5) is 0 Å². The average Bonchev–Trinajstić information content (AvgIpc) is 2.37. The number of aromatic hydroxyl groups is 1. The summed E-state index contributed by atoms with van der Waals surface area (Å²) in [6.07, 6.45) is -1.81. The Hall–Kier alpha value is -1.30. The summed E-state index contributed by atoms with van der Waals surface area (Å²) < 4.78 is 4.86. The highest BCUT2D eigenvalue weighted by Gasteiger charge is 2.23. The fourth-order valence-corrected chi connectivity index (χ4v) is 1.85. The van der Waals surface area contributed by atoms with E-state index in [9.17, 15) is 20.1 Å². The van der Waals surface area contributed by atoms with Crippen LogP contribution in [0, 0.1) is 0 Å². The number of halogens is 1. The highest BCUT2D eigenvalue weighted by atomic mass is 35.5. The Bertz CT molecular complexity index is 421. The number of aliphatic hydroxyl groups is 2. The molecule has 0 radical (unpaired) electrons. The third kappa shape index (κ3) is 2.93. The second-order valence-electron chi connectivity index (χ2n) is 3.73. The lowest BCUT2D eigenvalue weighted by atomic mass is 9.97. The van der Waals surface area contributed by atoms with E-state index in [1.54, 1.807) is 0 Å². The predicted molar refractivity (Wildman–Crippen MR) is 66.3 cm³/mol. The molecule has 0 aliphatic heterocycles. The van der Waals surface area contributed by atoms with Gasteiger partial charge < -0.3 is 20.1 Å². The van der Waals surface area contributed by atoms with E-state index in [0.717, 1.165) is 0 Å². The van der Waals surface area contributed by atoms with Gasteiger partial charge in [-0.25, -0.2) is 0 Å². The summed E-state index contributed by atoms with van der Waals surface area (Å²) in [6, 6.07) is 2.83. The van der Waals surface area contributed by atoms with Crippen molar-refractivity contribution in [2.75, 3.05) is 13.0 Å². The number of alkyl halides is 1. The summed E-state index contributed by atoms with van der Waals surface area (Å²) in [6.45, 7) is 0. The van der Waals surface area contributed by atoms with Gasteiger partial charge in [-0.2, -0.15) is 0 Å². The van der Waals surface area contributed by atoms with Crippen LogP contribution in [0.15, 0.2) is 12.1 Å². The number of carbonyl (C=O) groups is 1. The number of phenolic OH excluding ortho intramolecular Hbond substituents is 1. The van der Waals surface area contributed by atoms with Gasteiger partial charge in [-0.15, -0.1) is 11.6 Å². The summed E-state index contributed by atoms with van der Waals surface area (Å²) in [7, 11) is 1.35.